The molecule has 2 rings (SSSR count). The SMILES string of the molecule is CN(Cc1cccc(NC(=O)COc2cccc(F)c2)c1)C(=O)OC(C)(C)C. The second kappa shape index (κ2) is 9.21. The number of hydrogen-bond donors (Lipinski definition) is 1. The van der Waals surface area contributed by atoms with E-state index in [1.165, 1.54) is 23.1 Å². The van der Waals surface area contributed by atoms with Gasteiger partial charge in [-0.25, -0.2) is 9.18 Å². The van der Waals surface area contributed by atoms with Crippen LogP contribution < -0.4 is 10.1 Å². The fourth-order valence-corrected chi connectivity index (χ4v) is 2.33. The lowest BCUT2D eigenvalue weighted by molar-refractivity contribution is -0.118. The van der Waals surface area contributed by atoms with Gasteiger partial charge in [-0.1, -0.05) is 18.2 Å². The van der Waals surface area contributed by atoms with Crippen LogP contribution in [0.5, 0.6) is 5.75 Å². The van der Waals surface area contributed by atoms with Crippen molar-refractivity contribution in [2.24, 2.45) is 0 Å². The van der Waals surface area contributed by atoms with Crippen LogP contribution in [0.1, 0.15) is 26.3 Å². The highest BCUT2D eigenvalue weighted by Crippen LogP contribution is 2.15. The summed E-state index contributed by atoms with van der Waals surface area (Å²) in [6.07, 6.45) is -0.426. The molecule has 2 aromatic rings. The van der Waals surface area contributed by atoms with Gasteiger partial charge >= 0.3 is 6.09 Å². The Labute approximate surface area is 164 Å². The lowest BCUT2D eigenvalue weighted by Gasteiger charge is -2.24. The van der Waals surface area contributed by atoms with Crippen LogP contribution in [0.15, 0.2) is 48.5 Å². The molecule has 2 aromatic carbocycles. The minimum Gasteiger partial charge on any atom is -0.484 e. The van der Waals surface area contributed by atoms with E-state index in [4.69, 9.17) is 9.47 Å². The summed E-state index contributed by atoms with van der Waals surface area (Å²) < 4.78 is 23.7. The molecule has 0 saturated heterocycles. The second-order valence-electron chi connectivity index (χ2n) is 7.33. The van der Waals surface area contributed by atoms with Gasteiger partial charge in [0.15, 0.2) is 6.61 Å². The van der Waals surface area contributed by atoms with E-state index in [-0.39, 0.29) is 18.3 Å². The molecule has 0 radical (unpaired) electrons. The molecule has 7 heteroatoms. The van der Waals surface area contributed by atoms with E-state index in [2.05, 4.69) is 5.32 Å². The minimum absolute atomic E-state index is 0.245. The molecule has 0 heterocycles. The number of nitrogens with zero attached hydrogens (tertiary/aromatic N) is 1. The topological polar surface area (TPSA) is 67.9 Å². The predicted molar refractivity (Wildman–Crippen MR) is 105 cm³/mol. The van der Waals surface area contributed by atoms with Crippen LogP contribution in [0.4, 0.5) is 14.9 Å². The second-order valence-corrected chi connectivity index (χ2v) is 7.33. The van der Waals surface area contributed by atoms with Crippen molar-refractivity contribution in [1.82, 2.24) is 4.90 Å². The Morgan fingerprint density at radius 2 is 1.82 bits per heavy atom. The molecule has 28 heavy (non-hydrogen) atoms. The average molecular weight is 388 g/mol. The van der Waals surface area contributed by atoms with Crippen molar-refractivity contribution in [3.8, 4) is 5.75 Å². The molecule has 0 fully saturated rings. The predicted octanol–water partition coefficient (Wildman–Crippen LogP) is 4.21. The number of carbonyl (C=O) groups is 2. The van der Waals surface area contributed by atoms with E-state index in [0.29, 0.717) is 12.2 Å². The van der Waals surface area contributed by atoms with Crippen molar-refractivity contribution in [2.45, 2.75) is 32.9 Å². The largest absolute Gasteiger partial charge is 0.484 e. The van der Waals surface area contributed by atoms with Gasteiger partial charge in [0.05, 0.1) is 0 Å². The highest BCUT2D eigenvalue weighted by molar-refractivity contribution is 5.91. The number of carbonyl (C=O) groups excluding carboxylic acids is 2. The van der Waals surface area contributed by atoms with E-state index in [9.17, 15) is 14.0 Å². The molecule has 150 valence electrons. The summed E-state index contributed by atoms with van der Waals surface area (Å²) in [6, 6.07) is 12.7. The Morgan fingerprint density at radius 3 is 2.50 bits per heavy atom. The summed E-state index contributed by atoms with van der Waals surface area (Å²) in [4.78, 5) is 25.6. The molecule has 0 aliphatic carbocycles. The first-order chi connectivity index (χ1) is 13.1. The third kappa shape index (κ3) is 7.26. The lowest BCUT2D eigenvalue weighted by atomic mass is 10.2. The van der Waals surface area contributed by atoms with Gasteiger partial charge in [-0.05, 0) is 50.6 Å². The van der Waals surface area contributed by atoms with E-state index >= 15 is 0 Å². The summed E-state index contributed by atoms with van der Waals surface area (Å²) >= 11 is 0. The number of anilines is 1. The average Bonchev–Trinajstić information content (AvgIpc) is 2.59. The van der Waals surface area contributed by atoms with Gasteiger partial charge in [0.1, 0.15) is 17.2 Å². The molecule has 0 aliphatic rings. The van der Waals surface area contributed by atoms with E-state index in [1.807, 2.05) is 6.07 Å². The van der Waals surface area contributed by atoms with Crippen molar-refractivity contribution in [2.75, 3.05) is 19.0 Å². The molecule has 0 spiro atoms. The molecule has 0 unspecified atom stereocenters. The molecule has 1 N–H and O–H groups in total. The van der Waals surface area contributed by atoms with Gasteiger partial charge in [-0.3, -0.25) is 4.79 Å². The summed E-state index contributed by atoms with van der Waals surface area (Å²) in [7, 11) is 1.64. The van der Waals surface area contributed by atoms with Gasteiger partial charge in [-0.15, -0.1) is 0 Å². The fraction of sp³-hybridized carbons (Fsp3) is 0.333. The number of nitrogens with one attached hydrogen (secondary N) is 1. The van der Waals surface area contributed by atoms with Crippen molar-refractivity contribution in [3.63, 3.8) is 0 Å². The van der Waals surface area contributed by atoms with Gasteiger partial charge in [0, 0.05) is 25.3 Å². The molecule has 0 aromatic heterocycles. The zero-order valence-electron chi connectivity index (χ0n) is 16.5. The van der Waals surface area contributed by atoms with Crippen molar-refractivity contribution in [1.29, 1.82) is 0 Å². The molecule has 6 nitrogen and oxygen atoms in total. The van der Waals surface area contributed by atoms with Gasteiger partial charge in [0.2, 0.25) is 0 Å². The highest BCUT2D eigenvalue weighted by atomic mass is 19.1. The van der Waals surface area contributed by atoms with Crippen molar-refractivity contribution in [3.05, 3.63) is 59.9 Å². The number of halogens is 1. The smallest absolute Gasteiger partial charge is 0.410 e. The summed E-state index contributed by atoms with van der Waals surface area (Å²) in [5.74, 6) is -0.524. The molecular formula is C21H25FN2O4. The van der Waals surface area contributed by atoms with Gasteiger partial charge in [0.25, 0.3) is 5.91 Å². The van der Waals surface area contributed by atoms with Crippen molar-refractivity contribution >= 4 is 17.7 Å². The molecule has 0 atom stereocenters. The molecule has 0 bridgehead atoms. The highest BCUT2D eigenvalue weighted by Gasteiger charge is 2.19. The van der Waals surface area contributed by atoms with Crippen molar-refractivity contribution < 1.29 is 23.5 Å². The Morgan fingerprint density at radius 1 is 1.11 bits per heavy atom. The summed E-state index contributed by atoms with van der Waals surface area (Å²) in [5, 5.41) is 2.72. The van der Waals surface area contributed by atoms with Crippen LogP contribution in [0.25, 0.3) is 0 Å². The number of ether oxygens (including phenoxy) is 2. The number of hydrogen-bond acceptors (Lipinski definition) is 4. The fourth-order valence-electron chi connectivity index (χ4n) is 2.33. The quantitative estimate of drug-likeness (QED) is 0.805. The van der Waals surface area contributed by atoms with Crippen LogP contribution in [0, 0.1) is 5.82 Å². The zero-order valence-corrected chi connectivity index (χ0v) is 16.5. The molecule has 0 aliphatic heterocycles. The number of rotatable bonds is 6. The Bertz CT molecular complexity index is 833. The van der Waals surface area contributed by atoms with E-state index in [0.717, 1.165) is 5.56 Å². The van der Waals surface area contributed by atoms with Crippen LogP contribution in [0.3, 0.4) is 0 Å². The maximum atomic E-state index is 13.1. The first-order valence-corrected chi connectivity index (χ1v) is 8.84. The van der Waals surface area contributed by atoms with Gasteiger partial charge in [-0.2, -0.15) is 0 Å². The molecule has 2 amide bonds. The van der Waals surface area contributed by atoms with E-state index in [1.54, 1.807) is 52.1 Å². The normalized spacial score (nSPS) is 10.9. The van der Waals surface area contributed by atoms with Crippen LogP contribution in [-0.2, 0) is 16.1 Å². The Kier molecular flexibility index (Phi) is 6.98. The van der Waals surface area contributed by atoms with Gasteiger partial charge < -0.3 is 19.7 Å². The summed E-state index contributed by atoms with van der Waals surface area (Å²) in [6.45, 7) is 5.51. The standard InChI is InChI=1S/C21H25FN2O4/c1-21(2,3)28-20(26)24(4)13-15-7-5-9-17(11-15)23-19(25)14-27-18-10-6-8-16(22)12-18/h5-12H,13-14H2,1-4H3,(H,23,25). The zero-order chi connectivity index (χ0) is 20.7. The van der Waals surface area contributed by atoms with E-state index < -0.39 is 17.5 Å². The van der Waals surface area contributed by atoms with Crippen LogP contribution >= 0.6 is 0 Å². The maximum Gasteiger partial charge on any atom is 0.410 e. The minimum atomic E-state index is -0.567. The maximum absolute atomic E-state index is 13.1. The number of amides is 2. The van der Waals surface area contributed by atoms with Crippen LogP contribution in [0.2, 0.25) is 0 Å². The molecular weight excluding hydrogens is 363 g/mol. The third-order valence-corrected chi connectivity index (χ3v) is 3.50. The van der Waals surface area contributed by atoms with Crippen LogP contribution in [-0.4, -0.2) is 36.2 Å². The first kappa shape index (κ1) is 21.2. The summed E-state index contributed by atoms with van der Waals surface area (Å²) in [5.41, 5.74) is 0.836. The first-order valence-electron chi connectivity index (χ1n) is 8.84. The Balaban J connectivity index is 1.89. The Hall–Kier alpha value is -3.09. The monoisotopic (exact) mass is 388 g/mol. The number of benzene rings is 2. The lowest BCUT2D eigenvalue weighted by Crippen LogP contribution is -2.33. The third-order valence-electron chi connectivity index (χ3n) is 3.50. The molecule has 0 saturated carbocycles.